The lowest BCUT2D eigenvalue weighted by atomic mass is 10.1. The highest BCUT2D eigenvalue weighted by atomic mass is 32.1. The van der Waals surface area contributed by atoms with E-state index in [4.69, 9.17) is 0 Å². The molecule has 0 unspecified atom stereocenters. The fourth-order valence-corrected chi connectivity index (χ4v) is 2.53. The second kappa shape index (κ2) is 7.43. The van der Waals surface area contributed by atoms with Crippen LogP contribution in [0.1, 0.15) is 23.2 Å². The summed E-state index contributed by atoms with van der Waals surface area (Å²) in [5.41, 5.74) is 1.35. The van der Waals surface area contributed by atoms with Crippen LogP contribution in [-0.2, 0) is 0 Å². The summed E-state index contributed by atoms with van der Waals surface area (Å²) >= 11 is 4.46. The molecule has 0 aliphatic rings. The van der Waals surface area contributed by atoms with Gasteiger partial charge in [-0.05, 0) is 45.6 Å². The van der Waals surface area contributed by atoms with Crippen LogP contribution in [0.2, 0.25) is 0 Å². The third-order valence-electron chi connectivity index (χ3n) is 3.31. The minimum Gasteiger partial charge on any atom is -0.352 e. The minimum atomic E-state index is -0.0857. The first-order valence-corrected chi connectivity index (χ1v) is 7.54. The van der Waals surface area contributed by atoms with E-state index in [9.17, 15) is 4.79 Å². The lowest BCUT2D eigenvalue weighted by Gasteiger charge is -2.11. The summed E-state index contributed by atoms with van der Waals surface area (Å²) in [6.07, 6.45) is 3.75. The number of fused-ring (bicyclic) bond motifs is 1. The smallest absolute Gasteiger partial charge is 0.252 e. The molecule has 0 saturated heterocycles. The molecule has 1 aromatic heterocycles. The van der Waals surface area contributed by atoms with Gasteiger partial charge in [0.2, 0.25) is 0 Å². The number of thiol groups is 1. The Morgan fingerprint density at radius 1 is 1.29 bits per heavy atom. The topological polar surface area (TPSA) is 45.2 Å². The normalized spacial score (nSPS) is 11.0. The molecule has 0 spiro atoms. The second-order valence-electron chi connectivity index (χ2n) is 5.30. The Morgan fingerprint density at radius 2 is 2.10 bits per heavy atom. The van der Waals surface area contributed by atoms with Crippen molar-refractivity contribution >= 4 is 29.4 Å². The molecular weight excluding hydrogens is 282 g/mol. The molecule has 1 N–H and O–H groups in total. The predicted octanol–water partition coefficient (Wildman–Crippen LogP) is 2.60. The molecule has 21 heavy (non-hydrogen) atoms. The third kappa shape index (κ3) is 4.19. The zero-order valence-corrected chi connectivity index (χ0v) is 13.4. The number of nitrogens with one attached hydrogen (secondary N) is 1. The predicted molar refractivity (Wildman–Crippen MR) is 89.1 cm³/mol. The Kier molecular flexibility index (Phi) is 5.59. The third-order valence-corrected chi connectivity index (χ3v) is 3.76. The number of nitrogens with zero attached hydrogens (tertiary/aromatic N) is 2. The Morgan fingerprint density at radius 3 is 2.86 bits per heavy atom. The fraction of sp³-hybridized carbons (Fsp3) is 0.375. The van der Waals surface area contributed by atoms with Crippen molar-refractivity contribution < 1.29 is 4.79 Å². The molecule has 0 fully saturated rings. The van der Waals surface area contributed by atoms with E-state index in [-0.39, 0.29) is 5.91 Å². The number of rotatable bonds is 6. The van der Waals surface area contributed by atoms with Gasteiger partial charge in [0, 0.05) is 23.0 Å². The summed E-state index contributed by atoms with van der Waals surface area (Å²) in [7, 11) is 4.10. The molecule has 2 aromatic rings. The number of hydrogen-bond donors (Lipinski definition) is 2. The van der Waals surface area contributed by atoms with E-state index in [0.717, 1.165) is 30.3 Å². The van der Waals surface area contributed by atoms with Crippen molar-refractivity contribution in [1.82, 2.24) is 15.2 Å². The number of carbonyl (C=O) groups excluding carboxylic acids is 1. The highest BCUT2D eigenvalue weighted by Gasteiger charge is 2.12. The molecule has 5 heteroatoms. The van der Waals surface area contributed by atoms with Crippen LogP contribution < -0.4 is 5.32 Å². The number of hydrogen-bond acceptors (Lipinski definition) is 4. The summed E-state index contributed by atoms with van der Waals surface area (Å²) in [6, 6.07) is 7.55. The average Bonchev–Trinajstić information content (AvgIpc) is 2.47. The van der Waals surface area contributed by atoms with Gasteiger partial charge >= 0.3 is 0 Å². The molecule has 0 aliphatic carbocycles. The molecule has 112 valence electrons. The number of amides is 1. The first-order valence-electron chi connectivity index (χ1n) is 7.09. The summed E-state index contributed by atoms with van der Waals surface area (Å²) < 4.78 is 0. The van der Waals surface area contributed by atoms with Crippen LogP contribution in [0, 0.1) is 0 Å². The van der Waals surface area contributed by atoms with Gasteiger partial charge in [-0.15, -0.1) is 12.6 Å². The van der Waals surface area contributed by atoms with Crippen molar-refractivity contribution in [1.29, 1.82) is 0 Å². The number of pyridine rings is 1. The van der Waals surface area contributed by atoms with Crippen molar-refractivity contribution in [2.75, 3.05) is 27.2 Å². The van der Waals surface area contributed by atoms with E-state index in [0.29, 0.717) is 17.0 Å². The van der Waals surface area contributed by atoms with E-state index in [2.05, 4.69) is 27.8 Å². The lowest BCUT2D eigenvalue weighted by Crippen LogP contribution is -2.25. The average molecular weight is 303 g/mol. The molecule has 1 heterocycles. The van der Waals surface area contributed by atoms with Crippen molar-refractivity contribution in [2.24, 2.45) is 0 Å². The maximum Gasteiger partial charge on any atom is 0.252 e. The van der Waals surface area contributed by atoms with Gasteiger partial charge in [0.05, 0.1) is 11.1 Å². The second-order valence-corrected chi connectivity index (χ2v) is 5.75. The first-order chi connectivity index (χ1) is 10.1. The summed E-state index contributed by atoms with van der Waals surface area (Å²) in [6.45, 7) is 1.72. The van der Waals surface area contributed by atoms with Crippen molar-refractivity contribution in [3.8, 4) is 0 Å². The number of benzene rings is 1. The fourth-order valence-electron chi connectivity index (χ4n) is 2.16. The van der Waals surface area contributed by atoms with Gasteiger partial charge in [-0.3, -0.25) is 9.78 Å². The SMILES string of the molecule is CN(C)CCCCNC(=O)c1ccc2cccnc2c1S. The maximum absolute atomic E-state index is 12.2. The van der Waals surface area contributed by atoms with Crippen LogP contribution in [0.15, 0.2) is 35.4 Å². The van der Waals surface area contributed by atoms with Crippen LogP contribution in [-0.4, -0.2) is 43.0 Å². The summed E-state index contributed by atoms with van der Waals surface area (Å²) in [5, 5.41) is 3.93. The van der Waals surface area contributed by atoms with Gasteiger partial charge in [-0.2, -0.15) is 0 Å². The Balaban J connectivity index is 1.98. The molecule has 0 atom stereocenters. The zero-order valence-electron chi connectivity index (χ0n) is 12.5. The van der Waals surface area contributed by atoms with Crippen molar-refractivity contribution in [3.05, 3.63) is 36.0 Å². The van der Waals surface area contributed by atoms with Gasteiger partial charge in [0.15, 0.2) is 0 Å². The Bertz CT molecular complexity index is 628. The highest BCUT2D eigenvalue weighted by molar-refractivity contribution is 7.80. The van der Waals surface area contributed by atoms with E-state index in [1.54, 1.807) is 6.20 Å². The molecular formula is C16H21N3OS. The molecule has 1 amide bonds. The van der Waals surface area contributed by atoms with Gasteiger partial charge in [0.25, 0.3) is 5.91 Å². The van der Waals surface area contributed by atoms with Crippen molar-refractivity contribution in [2.45, 2.75) is 17.7 Å². The van der Waals surface area contributed by atoms with Gasteiger partial charge in [0.1, 0.15) is 0 Å². The van der Waals surface area contributed by atoms with E-state index >= 15 is 0 Å². The van der Waals surface area contributed by atoms with Gasteiger partial charge in [-0.1, -0.05) is 12.1 Å². The molecule has 2 rings (SSSR count). The Hall–Kier alpha value is -1.59. The molecule has 1 aromatic carbocycles. The van der Waals surface area contributed by atoms with E-state index in [1.807, 2.05) is 38.4 Å². The van der Waals surface area contributed by atoms with Crippen LogP contribution in [0.25, 0.3) is 10.9 Å². The van der Waals surface area contributed by atoms with Gasteiger partial charge in [-0.25, -0.2) is 0 Å². The van der Waals surface area contributed by atoms with Crippen molar-refractivity contribution in [3.63, 3.8) is 0 Å². The standard InChI is InChI=1S/C16H21N3OS/c1-19(2)11-4-3-9-18-16(20)13-8-7-12-6-5-10-17-14(12)15(13)21/h5-8,10,21H,3-4,9,11H2,1-2H3,(H,18,20). The van der Waals surface area contributed by atoms with Crippen LogP contribution in [0.3, 0.4) is 0 Å². The van der Waals surface area contributed by atoms with E-state index in [1.165, 1.54) is 0 Å². The maximum atomic E-state index is 12.2. The van der Waals surface area contributed by atoms with Crippen LogP contribution in [0.5, 0.6) is 0 Å². The molecule has 4 nitrogen and oxygen atoms in total. The number of carbonyl (C=O) groups is 1. The van der Waals surface area contributed by atoms with Crippen LogP contribution in [0.4, 0.5) is 0 Å². The molecule has 0 aliphatic heterocycles. The largest absolute Gasteiger partial charge is 0.352 e. The Labute approximate surface area is 131 Å². The highest BCUT2D eigenvalue weighted by Crippen LogP contribution is 2.23. The van der Waals surface area contributed by atoms with E-state index < -0.39 is 0 Å². The number of unbranched alkanes of at least 4 members (excludes halogenated alkanes) is 1. The van der Waals surface area contributed by atoms with Gasteiger partial charge < -0.3 is 10.2 Å². The number of aromatic nitrogens is 1. The lowest BCUT2D eigenvalue weighted by molar-refractivity contribution is 0.0950. The minimum absolute atomic E-state index is 0.0857. The summed E-state index contributed by atoms with van der Waals surface area (Å²) in [4.78, 5) is 19.3. The first kappa shape index (κ1) is 15.8. The summed E-state index contributed by atoms with van der Waals surface area (Å²) in [5.74, 6) is -0.0857. The zero-order chi connectivity index (χ0) is 15.2. The van der Waals surface area contributed by atoms with Crippen LogP contribution >= 0.6 is 12.6 Å². The molecule has 0 radical (unpaired) electrons. The molecule has 0 bridgehead atoms. The quantitative estimate of drug-likeness (QED) is 0.637. The monoisotopic (exact) mass is 303 g/mol. The molecule has 0 saturated carbocycles.